The molecule has 0 spiro atoms. The topological polar surface area (TPSA) is 40.8 Å². The molecule has 0 radical (unpaired) electrons. The van der Waals surface area contributed by atoms with Crippen LogP contribution in [0.4, 0.5) is 0 Å². The summed E-state index contributed by atoms with van der Waals surface area (Å²) >= 11 is 11.0. The molecule has 1 heterocycles. The number of ether oxygens (including phenoxy) is 1. The number of methoxy groups -OCH3 is 1. The summed E-state index contributed by atoms with van der Waals surface area (Å²) in [5.74, 6) is 0.638. The van der Waals surface area contributed by atoms with Crippen LogP contribution < -0.4 is 4.74 Å². The van der Waals surface area contributed by atoms with E-state index in [9.17, 15) is 0 Å². The summed E-state index contributed by atoms with van der Waals surface area (Å²) in [4.78, 5) is 5.92. The van der Waals surface area contributed by atoms with Crippen LogP contribution in [0.2, 0.25) is 5.02 Å². The third-order valence-electron chi connectivity index (χ3n) is 1.81. The number of aromatic amines is 2. The number of rotatable bonds is 1. The standard InChI is InChI=1S/C8H7ClN2OS/c1-12-5-3-2-4-7(6(5)9)11-8(13)10-4/h2-3H,1H3,(H2,10,11,13). The van der Waals surface area contributed by atoms with Gasteiger partial charge in [0.2, 0.25) is 0 Å². The lowest BCUT2D eigenvalue weighted by atomic mass is 10.3. The van der Waals surface area contributed by atoms with Gasteiger partial charge in [0, 0.05) is 0 Å². The average molecular weight is 215 g/mol. The van der Waals surface area contributed by atoms with Crippen LogP contribution in [0.15, 0.2) is 12.1 Å². The van der Waals surface area contributed by atoms with Crippen molar-refractivity contribution in [1.29, 1.82) is 0 Å². The van der Waals surface area contributed by atoms with Crippen molar-refractivity contribution in [2.45, 2.75) is 0 Å². The highest BCUT2D eigenvalue weighted by atomic mass is 35.5. The molecule has 1 aromatic heterocycles. The average Bonchev–Trinajstić information content (AvgIpc) is 2.47. The zero-order chi connectivity index (χ0) is 9.42. The fourth-order valence-electron chi connectivity index (χ4n) is 1.21. The van der Waals surface area contributed by atoms with Crippen molar-refractivity contribution >= 4 is 34.9 Å². The Morgan fingerprint density at radius 1 is 1.38 bits per heavy atom. The molecule has 5 heteroatoms. The highest BCUT2D eigenvalue weighted by Gasteiger charge is 2.06. The second kappa shape index (κ2) is 3.05. The van der Waals surface area contributed by atoms with E-state index in [0.717, 1.165) is 11.0 Å². The first-order valence-corrected chi connectivity index (χ1v) is 4.45. The van der Waals surface area contributed by atoms with E-state index in [-0.39, 0.29) is 0 Å². The molecule has 0 aliphatic carbocycles. The second-order valence-corrected chi connectivity index (χ2v) is 3.37. The zero-order valence-corrected chi connectivity index (χ0v) is 8.42. The molecule has 2 N–H and O–H groups in total. The Kier molecular flexibility index (Phi) is 2.01. The molecule has 68 valence electrons. The second-order valence-electron chi connectivity index (χ2n) is 2.58. The number of halogens is 1. The summed E-state index contributed by atoms with van der Waals surface area (Å²) in [7, 11) is 1.58. The minimum Gasteiger partial charge on any atom is -0.495 e. The third kappa shape index (κ3) is 1.32. The molecular formula is C8H7ClN2OS. The number of nitrogens with one attached hydrogen (secondary N) is 2. The maximum Gasteiger partial charge on any atom is 0.175 e. The normalized spacial score (nSPS) is 10.6. The first kappa shape index (κ1) is 8.59. The number of hydrogen-bond donors (Lipinski definition) is 2. The van der Waals surface area contributed by atoms with Crippen LogP contribution in [0.25, 0.3) is 11.0 Å². The molecule has 0 atom stereocenters. The summed E-state index contributed by atoms with van der Waals surface area (Å²) in [6, 6.07) is 3.66. The van der Waals surface area contributed by atoms with E-state index in [1.54, 1.807) is 13.2 Å². The van der Waals surface area contributed by atoms with Gasteiger partial charge >= 0.3 is 0 Å². The van der Waals surface area contributed by atoms with Crippen LogP contribution in [0.3, 0.4) is 0 Å². The predicted molar refractivity (Wildman–Crippen MR) is 55.0 cm³/mol. The van der Waals surface area contributed by atoms with E-state index in [0.29, 0.717) is 15.5 Å². The van der Waals surface area contributed by atoms with Gasteiger partial charge < -0.3 is 14.7 Å². The maximum atomic E-state index is 6.03. The van der Waals surface area contributed by atoms with Crippen LogP contribution in [0.1, 0.15) is 0 Å². The molecule has 3 nitrogen and oxygen atoms in total. The summed E-state index contributed by atoms with van der Waals surface area (Å²) in [6.07, 6.45) is 0. The van der Waals surface area contributed by atoms with Gasteiger partial charge in [-0.1, -0.05) is 11.6 Å². The van der Waals surface area contributed by atoms with Crippen LogP contribution >= 0.6 is 23.8 Å². The van der Waals surface area contributed by atoms with E-state index in [2.05, 4.69) is 9.97 Å². The van der Waals surface area contributed by atoms with Gasteiger partial charge in [0.05, 0.1) is 18.1 Å². The van der Waals surface area contributed by atoms with Crippen molar-refractivity contribution in [2.24, 2.45) is 0 Å². The smallest absolute Gasteiger partial charge is 0.175 e. The van der Waals surface area contributed by atoms with E-state index < -0.39 is 0 Å². The lowest BCUT2D eigenvalue weighted by Crippen LogP contribution is -1.84. The fourth-order valence-corrected chi connectivity index (χ4v) is 1.71. The van der Waals surface area contributed by atoms with Gasteiger partial charge in [-0.25, -0.2) is 0 Å². The van der Waals surface area contributed by atoms with Crippen LogP contribution in [-0.4, -0.2) is 17.1 Å². The van der Waals surface area contributed by atoms with E-state index in [1.807, 2.05) is 6.07 Å². The summed E-state index contributed by atoms with van der Waals surface area (Å²) in [5, 5.41) is 0.548. The van der Waals surface area contributed by atoms with Crippen LogP contribution in [0, 0.1) is 4.77 Å². The molecule has 13 heavy (non-hydrogen) atoms. The number of H-pyrrole nitrogens is 2. The molecule has 0 aliphatic rings. The highest BCUT2D eigenvalue weighted by molar-refractivity contribution is 7.71. The van der Waals surface area contributed by atoms with Crippen molar-refractivity contribution in [3.8, 4) is 5.75 Å². The van der Waals surface area contributed by atoms with Crippen molar-refractivity contribution in [3.05, 3.63) is 21.9 Å². The molecule has 2 aromatic rings. The maximum absolute atomic E-state index is 6.03. The SMILES string of the molecule is COc1ccc2[nH]c(=S)[nH]c2c1Cl. The first-order chi connectivity index (χ1) is 6.22. The fraction of sp³-hybridized carbons (Fsp3) is 0.125. The Hall–Kier alpha value is -1.00. The minimum atomic E-state index is 0.548. The molecule has 0 saturated carbocycles. The molecular weight excluding hydrogens is 208 g/mol. The van der Waals surface area contributed by atoms with Crippen LogP contribution in [-0.2, 0) is 0 Å². The van der Waals surface area contributed by atoms with E-state index in [4.69, 9.17) is 28.6 Å². The largest absolute Gasteiger partial charge is 0.495 e. The minimum absolute atomic E-state index is 0.548. The van der Waals surface area contributed by atoms with Gasteiger partial charge in [0.1, 0.15) is 10.8 Å². The van der Waals surface area contributed by atoms with E-state index >= 15 is 0 Å². The molecule has 2 rings (SSSR count). The zero-order valence-electron chi connectivity index (χ0n) is 6.85. The Bertz CT molecular complexity index is 502. The molecule has 0 bridgehead atoms. The molecule has 0 fully saturated rings. The van der Waals surface area contributed by atoms with Crippen molar-refractivity contribution in [2.75, 3.05) is 7.11 Å². The van der Waals surface area contributed by atoms with Crippen LogP contribution in [0.5, 0.6) is 5.75 Å². The van der Waals surface area contributed by atoms with Gasteiger partial charge in [-0.05, 0) is 24.4 Å². The lowest BCUT2D eigenvalue weighted by Gasteiger charge is -2.01. The molecule has 1 aromatic carbocycles. The number of hydrogen-bond acceptors (Lipinski definition) is 2. The Morgan fingerprint density at radius 2 is 2.15 bits per heavy atom. The Morgan fingerprint density at radius 3 is 2.85 bits per heavy atom. The quantitative estimate of drug-likeness (QED) is 0.717. The Balaban J connectivity index is 2.85. The number of benzene rings is 1. The van der Waals surface area contributed by atoms with Gasteiger partial charge in [-0.3, -0.25) is 0 Å². The lowest BCUT2D eigenvalue weighted by molar-refractivity contribution is 0.415. The van der Waals surface area contributed by atoms with E-state index in [1.165, 1.54) is 0 Å². The van der Waals surface area contributed by atoms with Crippen molar-refractivity contribution in [3.63, 3.8) is 0 Å². The molecule has 0 aliphatic heterocycles. The third-order valence-corrected chi connectivity index (χ3v) is 2.39. The number of fused-ring (bicyclic) bond motifs is 1. The number of aromatic nitrogens is 2. The van der Waals surface area contributed by atoms with Gasteiger partial charge in [0.25, 0.3) is 0 Å². The van der Waals surface area contributed by atoms with Gasteiger partial charge in [0.15, 0.2) is 4.77 Å². The first-order valence-electron chi connectivity index (χ1n) is 3.67. The summed E-state index contributed by atoms with van der Waals surface area (Å²) in [5.41, 5.74) is 1.67. The molecule has 0 saturated heterocycles. The molecule has 0 unspecified atom stereocenters. The molecule has 0 amide bonds. The Labute approximate surface area is 84.7 Å². The monoisotopic (exact) mass is 214 g/mol. The highest BCUT2D eigenvalue weighted by Crippen LogP contribution is 2.30. The predicted octanol–water partition coefficient (Wildman–Crippen LogP) is 2.89. The van der Waals surface area contributed by atoms with Crippen molar-refractivity contribution < 1.29 is 4.74 Å². The summed E-state index contributed by atoms with van der Waals surface area (Å²) in [6.45, 7) is 0. The van der Waals surface area contributed by atoms with Gasteiger partial charge in [-0.15, -0.1) is 0 Å². The van der Waals surface area contributed by atoms with Crippen molar-refractivity contribution in [1.82, 2.24) is 9.97 Å². The van der Waals surface area contributed by atoms with Gasteiger partial charge in [-0.2, -0.15) is 0 Å². The number of imidazole rings is 1. The summed E-state index contributed by atoms with van der Waals surface area (Å²) < 4.78 is 5.62.